The van der Waals surface area contributed by atoms with Crippen LogP contribution < -0.4 is 11.1 Å². The van der Waals surface area contributed by atoms with Gasteiger partial charge in [-0.05, 0) is 29.1 Å². The van der Waals surface area contributed by atoms with E-state index < -0.39 is 0 Å². The molecular weight excluding hydrogens is 302 g/mol. The van der Waals surface area contributed by atoms with E-state index in [1.54, 1.807) is 12.4 Å². The van der Waals surface area contributed by atoms with Crippen LogP contribution >= 0.6 is 0 Å². The molecule has 0 aliphatic carbocycles. The predicted molar refractivity (Wildman–Crippen MR) is 96.4 cm³/mol. The van der Waals surface area contributed by atoms with Crippen LogP contribution in [0.1, 0.15) is 12.0 Å². The summed E-state index contributed by atoms with van der Waals surface area (Å²) in [4.78, 5) is 15.4. The number of hydrogen-bond donors (Lipinski definition) is 3. The standard InChI is InChI=1S/C12H13N3O.C7H8O/c13-5-3-12(16)15-11-2-1-10-8-14-6-4-9(10)7-11;8-6-7-4-2-1-3-5-7/h1-2,4,6-8H,3,5,13H2,(H,15,16);1-5,8H,6H2. The maximum atomic E-state index is 11.3. The molecule has 0 spiro atoms. The van der Waals surface area contributed by atoms with E-state index in [1.807, 2.05) is 54.6 Å². The predicted octanol–water partition coefficient (Wildman–Crippen LogP) is 2.70. The molecule has 2 aromatic carbocycles. The summed E-state index contributed by atoms with van der Waals surface area (Å²) in [6.45, 7) is 0.504. The Morgan fingerprint density at radius 2 is 1.88 bits per heavy atom. The van der Waals surface area contributed by atoms with Crippen molar-refractivity contribution in [2.45, 2.75) is 13.0 Å². The molecule has 3 aromatic rings. The van der Waals surface area contributed by atoms with Crippen LogP contribution in [0.2, 0.25) is 0 Å². The molecule has 3 rings (SSSR count). The van der Waals surface area contributed by atoms with Gasteiger partial charge in [0.1, 0.15) is 0 Å². The molecule has 4 N–H and O–H groups in total. The molecule has 1 amide bonds. The third-order valence-electron chi connectivity index (χ3n) is 3.32. The molecule has 0 aliphatic heterocycles. The van der Waals surface area contributed by atoms with Gasteiger partial charge in [-0.1, -0.05) is 36.4 Å². The fourth-order valence-electron chi connectivity index (χ4n) is 2.10. The number of anilines is 1. The van der Waals surface area contributed by atoms with Crippen LogP contribution in [-0.2, 0) is 11.4 Å². The molecule has 0 aliphatic rings. The number of aliphatic hydroxyl groups excluding tert-OH is 1. The number of nitrogens with one attached hydrogen (secondary N) is 1. The largest absolute Gasteiger partial charge is 0.392 e. The number of carbonyl (C=O) groups is 1. The first-order chi connectivity index (χ1) is 11.7. The second-order valence-electron chi connectivity index (χ2n) is 5.17. The summed E-state index contributed by atoms with van der Waals surface area (Å²) >= 11 is 0. The Labute approximate surface area is 141 Å². The number of nitrogens with zero attached hydrogens (tertiary/aromatic N) is 1. The number of carbonyl (C=O) groups excluding carboxylic acids is 1. The molecule has 124 valence electrons. The zero-order chi connectivity index (χ0) is 17.2. The molecule has 5 heteroatoms. The Bertz CT molecular complexity index is 776. The van der Waals surface area contributed by atoms with Crippen LogP contribution in [-0.4, -0.2) is 22.5 Å². The minimum absolute atomic E-state index is 0.0593. The first-order valence-electron chi connectivity index (χ1n) is 7.71. The number of fused-ring (bicyclic) bond motifs is 1. The summed E-state index contributed by atoms with van der Waals surface area (Å²) in [6.07, 6.45) is 3.86. The number of aliphatic hydroxyl groups is 1. The highest BCUT2D eigenvalue weighted by Crippen LogP contribution is 2.17. The molecule has 0 saturated heterocycles. The number of pyridine rings is 1. The van der Waals surface area contributed by atoms with Crippen molar-refractivity contribution < 1.29 is 9.90 Å². The summed E-state index contributed by atoms with van der Waals surface area (Å²) in [5.74, 6) is -0.0593. The monoisotopic (exact) mass is 323 g/mol. The second kappa shape index (κ2) is 9.39. The fraction of sp³-hybridized carbons (Fsp3) is 0.158. The lowest BCUT2D eigenvalue weighted by molar-refractivity contribution is -0.116. The SMILES string of the molecule is NCCC(=O)Nc1ccc2cnccc2c1.OCc1ccccc1. The Hall–Kier alpha value is -2.76. The smallest absolute Gasteiger partial charge is 0.225 e. The van der Waals surface area contributed by atoms with Gasteiger partial charge in [0.2, 0.25) is 5.91 Å². The third-order valence-corrected chi connectivity index (χ3v) is 3.32. The van der Waals surface area contributed by atoms with Gasteiger partial charge in [0.15, 0.2) is 0 Å². The van der Waals surface area contributed by atoms with E-state index in [-0.39, 0.29) is 12.5 Å². The first-order valence-corrected chi connectivity index (χ1v) is 7.71. The van der Waals surface area contributed by atoms with E-state index in [2.05, 4.69) is 10.3 Å². The minimum atomic E-state index is -0.0593. The zero-order valence-corrected chi connectivity index (χ0v) is 13.4. The number of rotatable bonds is 4. The van der Waals surface area contributed by atoms with Gasteiger partial charge in [0.05, 0.1) is 6.61 Å². The molecular formula is C19H21N3O2. The fourth-order valence-corrected chi connectivity index (χ4v) is 2.10. The molecule has 24 heavy (non-hydrogen) atoms. The van der Waals surface area contributed by atoms with E-state index in [9.17, 15) is 4.79 Å². The van der Waals surface area contributed by atoms with Crippen LogP contribution in [0.4, 0.5) is 5.69 Å². The molecule has 1 aromatic heterocycles. The molecule has 1 heterocycles. The van der Waals surface area contributed by atoms with Gasteiger partial charge in [0.25, 0.3) is 0 Å². The zero-order valence-electron chi connectivity index (χ0n) is 13.4. The van der Waals surface area contributed by atoms with Crippen molar-refractivity contribution in [3.63, 3.8) is 0 Å². The Morgan fingerprint density at radius 1 is 1.08 bits per heavy atom. The number of nitrogens with two attached hydrogens (primary N) is 1. The van der Waals surface area contributed by atoms with E-state index in [1.165, 1.54) is 0 Å². The number of amides is 1. The van der Waals surface area contributed by atoms with Gasteiger partial charge in [0, 0.05) is 36.4 Å². The summed E-state index contributed by atoms with van der Waals surface area (Å²) in [7, 11) is 0. The lowest BCUT2D eigenvalue weighted by atomic mass is 10.1. The van der Waals surface area contributed by atoms with E-state index in [0.717, 1.165) is 22.0 Å². The molecule has 0 saturated carbocycles. The number of benzene rings is 2. The van der Waals surface area contributed by atoms with Gasteiger partial charge < -0.3 is 16.2 Å². The van der Waals surface area contributed by atoms with Gasteiger partial charge in [-0.3, -0.25) is 9.78 Å². The minimum Gasteiger partial charge on any atom is -0.392 e. The molecule has 0 unspecified atom stereocenters. The highest BCUT2D eigenvalue weighted by molar-refractivity contribution is 5.94. The van der Waals surface area contributed by atoms with E-state index in [4.69, 9.17) is 10.8 Å². The van der Waals surface area contributed by atoms with Gasteiger partial charge in [-0.2, -0.15) is 0 Å². The van der Waals surface area contributed by atoms with Crippen molar-refractivity contribution in [1.82, 2.24) is 4.98 Å². The van der Waals surface area contributed by atoms with Crippen LogP contribution in [0.3, 0.4) is 0 Å². The van der Waals surface area contributed by atoms with E-state index >= 15 is 0 Å². The summed E-state index contributed by atoms with van der Waals surface area (Å²) in [5.41, 5.74) is 7.06. The van der Waals surface area contributed by atoms with Crippen molar-refractivity contribution in [1.29, 1.82) is 0 Å². The van der Waals surface area contributed by atoms with Gasteiger partial charge in [-0.25, -0.2) is 0 Å². The third kappa shape index (κ3) is 5.46. The summed E-state index contributed by atoms with van der Waals surface area (Å²) in [5, 5.41) is 13.4. The van der Waals surface area contributed by atoms with Crippen molar-refractivity contribution >= 4 is 22.4 Å². The van der Waals surface area contributed by atoms with Crippen molar-refractivity contribution in [3.05, 3.63) is 72.6 Å². The highest BCUT2D eigenvalue weighted by Gasteiger charge is 2.01. The van der Waals surface area contributed by atoms with E-state index in [0.29, 0.717) is 13.0 Å². The number of aromatic nitrogens is 1. The topological polar surface area (TPSA) is 88.2 Å². The molecule has 0 fully saturated rings. The Balaban J connectivity index is 0.000000219. The summed E-state index contributed by atoms with van der Waals surface area (Å²) < 4.78 is 0. The molecule has 0 bridgehead atoms. The Kier molecular flexibility index (Phi) is 6.89. The normalized spacial score (nSPS) is 9.92. The quantitative estimate of drug-likeness (QED) is 0.689. The lowest BCUT2D eigenvalue weighted by Crippen LogP contribution is -2.16. The average molecular weight is 323 g/mol. The van der Waals surface area contributed by atoms with Crippen molar-refractivity contribution in [2.24, 2.45) is 5.73 Å². The maximum absolute atomic E-state index is 11.3. The molecule has 5 nitrogen and oxygen atoms in total. The number of hydrogen-bond acceptors (Lipinski definition) is 4. The lowest BCUT2D eigenvalue weighted by Gasteiger charge is -2.05. The maximum Gasteiger partial charge on any atom is 0.225 e. The molecule has 0 atom stereocenters. The highest BCUT2D eigenvalue weighted by atomic mass is 16.3. The van der Waals surface area contributed by atoms with Crippen molar-refractivity contribution in [2.75, 3.05) is 11.9 Å². The van der Waals surface area contributed by atoms with Crippen molar-refractivity contribution in [3.8, 4) is 0 Å². The van der Waals surface area contributed by atoms with Crippen LogP contribution in [0.15, 0.2) is 67.0 Å². The summed E-state index contributed by atoms with van der Waals surface area (Å²) in [6, 6.07) is 17.1. The van der Waals surface area contributed by atoms with Crippen LogP contribution in [0.5, 0.6) is 0 Å². The average Bonchev–Trinajstić information content (AvgIpc) is 2.63. The Morgan fingerprint density at radius 3 is 2.54 bits per heavy atom. The van der Waals surface area contributed by atoms with Gasteiger partial charge >= 0.3 is 0 Å². The first kappa shape index (κ1) is 17.6. The molecule has 0 radical (unpaired) electrons. The second-order valence-corrected chi connectivity index (χ2v) is 5.17. The van der Waals surface area contributed by atoms with Gasteiger partial charge in [-0.15, -0.1) is 0 Å². The van der Waals surface area contributed by atoms with Crippen LogP contribution in [0.25, 0.3) is 10.8 Å². The van der Waals surface area contributed by atoms with Crippen LogP contribution in [0, 0.1) is 0 Å².